The Balaban J connectivity index is 2.16. The third-order valence-electron chi connectivity index (χ3n) is 6.06. The number of hydrogen-bond acceptors (Lipinski definition) is 6. The fraction of sp³-hybridized carbons (Fsp3) is 0.423. The lowest BCUT2D eigenvalue weighted by molar-refractivity contribution is -0.385. The number of aromatic nitrogens is 2. The minimum Gasteiger partial charge on any atom is -0.385 e. The van der Waals surface area contributed by atoms with Crippen LogP contribution in [0.5, 0.6) is 0 Å². The van der Waals surface area contributed by atoms with Crippen molar-refractivity contribution in [3.63, 3.8) is 0 Å². The number of methoxy groups -OCH3 is 1. The van der Waals surface area contributed by atoms with Gasteiger partial charge in [0.2, 0.25) is 0 Å². The van der Waals surface area contributed by atoms with E-state index in [1.54, 1.807) is 47.8 Å². The van der Waals surface area contributed by atoms with Crippen molar-refractivity contribution in [2.75, 3.05) is 20.3 Å². The number of ether oxygens (including phenoxy) is 1. The van der Waals surface area contributed by atoms with Crippen molar-refractivity contribution in [2.24, 2.45) is 0 Å². The van der Waals surface area contributed by atoms with Crippen molar-refractivity contribution in [1.29, 1.82) is 0 Å². The number of nitrogens with zero attached hydrogens (tertiary/aromatic N) is 4. The predicted octanol–water partition coefficient (Wildman–Crippen LogP) is 4.65. The normalized spacial score (nSPS) is 12.0. The van der Waals surface area contributed by atoms with E-state index in [9.17, 15) is 19.7 Å². The molecule has 0 bridgehead atoms. The number of nitro groups is 1. The number of rotatable bonds is 11. The minimum atomic E-state index is -0.497. The summed E-state index contributed by atoms with van der Waals surface area (Å²) in [6, 6.07) is 11.2. The molecule has 9 heteroatoms. The summed E-state index contributed by atoms with van der Waals surface area (Å²) in [6.45, 7) is 6.83. The highest BCUT2D eigenvalue weighted by atomic mass is 16.6. The molecule has 1 amide bonds. The van der Waals surface area contributed by atoms with E-state index in [2.05, 4.69) is 0 Å². The van der Waals surface area contributed by atoms with Crippen LogP contribution in [0.3, 0.4) is 0 Å². The van der Waals surface area contributed by atoms with Gasteiger partial charge in [-0.25, -0.2) is 4.98 Å². The van der Waals surface area contributed by atoms with Gasteiger partial charge in [0.25, 0.3) is 17.2 Å². The van der Waals surface area contributed by atoms with Gasteiger partial charge in [0.05, 0.1) is 21.9 Å². The quantitative estimate of drug-likeness (QED) is 0.225. The molecule has 3 aromatic rings. The van der Waals surface area contributed by atoms with Gasteiger partial charge in [0.15, 0.2) is 0 Å². The summed E-state index contributed by atoms with van der Waals surface area (Å²) in [5.41, 5.74) is 1.04. The number of nitro benzene ring substituents is 1. The number of carbonyl (C=O) groups is 1. The summed E-state index contributed by atoms with van der Waals surface area (Å²) in [7, 11) is 1.59. The first-order valence-corrected chi connectivity index (χ1v) is 11.9. The number of carbonyl (C=O) groups excluding carboxylic acids is 1. The molecule has 1 aromatic heterocycles. The van der Waals surface area contributed by atoms with Gasteiger partial charge in [-0.3, -0.25) is 24.3 Å². The molecule has 0 saturated heterocycles. The summed E-state index contributed by atoms with van der Waals surface area (Å²) in [6.07, 6.45) is 1.81. The highest BCUT2D eigenvalue weighted by Crippen LogP contribution is 2.28. The number of amides is 1. The zero-order valence-corrected chi connectivity index (χ0v) is 20.7. The molecule has 0 aliphatic heterocycles. The topological polar surface area (TPSA) is 108 Å². The van der Waals surface area contributed by atoms with Crippen LogP contribution in [-0.4, -0.2) is 45.5 Å². The molecule has 2 aromatic carbocycles. The van der Waals surface area contributed by atoms with E-state index in [0.29, 0.717) is 54.8 Å². The van der Waals surface area contributed by atoms with Crippen LogP contribution >= 0.6 is 0 Å². The first-order valence-electron chi connectivity index (χ1n) is 11.9. The summed E-state index contributed by atoms with van der Waals surface area (Å²) >= 11 is 0. The molecule has 9 nitrogen and oxygen atoms in total. The Bertz CT molecular complexity index is 1270. The second-order valence-electron chi connectivity index (χ2n) is 8.47. The zero-order chi connectivity index (χ0) is 25.5. The van der Waals surface area contributed by atoms with Crippen LogP contribution in [-0.2, 0) is 11.3 Å². The van der Waals surface area contributed by atoms with E-state index in [0.717, 1.165) is 6.42 Å². The Labute approximate surface area is 204 Å². The maximum absolute atomic E-state index is 13.8. The van der Waals surface area contributed by atoms with Crippen LogP contribution in [0.4, 0.5) is 5.69 Å². The molecule has 0 fully saturated rings. The monoisotopic (exact) mass is 480 g/mol. The molecular weight excluding hydrogens is 448 g/mol. The largest absolute Gasteiger partial charge is 0.385 e. The van der Waals surface area contributed by atoms with Gasteiger partial charge in [0.1, 0.15) is 5.82 Å². The third kappa shape index (κ3) is 5.57. The summed E-state index contributed by atoms with van der Waals surface area (Å²) in [4.78, 5) is 44.6. The van der Waals surface area contributed by atoms with Crippen molar-refractivity contribution in [3.8, 4) is 0 Å². The zero-order valence-electron chi connectivity index (χ0n) is 20.7. The van der Waals surface area contributed by atoms with E-state index < -0.39 is 11.0 Å². The standard InChI is InChI=1S/C26H32N4O5/c1-5-14-29-24(27-21-11-8-7-10-20(21)26(29)32)22(6-2)28(15-9-16-35-4)25(31)19-13-12-18(3)23(17-19)30(33)34/h7-8,10-13,17,22H,5-6,9,14-16H2,1-4H3. The second kappa shape index (κ2) is 11.7. The van der Waals surface area contributed by atoms with Crippen LogP contribution < -0.4 is 5.56 Å². The lowest BCUT2D eigenvalue weighted by Crippen LogP contribution is -2.39. The van der Waals surface area contributed by atoms with Crippen LogP contribution in [0.15, 0.2) is 47.3 Å². The highest BCUT2D eigenvalue weighted by Gasteiger charge is 2.30. The van der Waals surface area contributed by atoms with Gasteiger partial charge in [0, 0.05) is 44.0 Å². The van der Waals surface area contributed by atoms with Crippen LogP contribution in [0, 0.1) is 17.0 Å². The highest BCUT2D eigenvalue weighted by molar-refractivity contribution is 5.95. The van der Waals surface area contributed by atoms with Crippen LogP contribution in [0.2, 0.25) is 0 Å². The Morgan fingerprint density at radius 1 is 1.23 bits per heavy atom. The van der Waals surface area contributed by atoms with Crippen molar-refractivity contribution < 1.29 is 14.5 Å². The van der Waals surface area contributed by atoms with Crippen molar-refractivity contribution in [3.05, 3.63) is 79.9 Å². The number of aryl methyl sites for hydroxylation is 1. The predicted molar refractivity (Wildman–Crippen MR) is 135 cm³/mol. The maximum Gasteiger partial charge on any atom is 0.273 e. The fourth-order valence-electron chi connectivity index (χ4n) is 4.30. The number of fused-ring (bicyclic) bond motifs is 1. The van der Waals surface area contributed by atoms with Crippen molar-refractivity contribution >= 4 is 22.5 Å². The molecule has 1 unspecified atom stereocenters. The van der Waals surface area contributed by atoms with Crippen LogP contribution in [0.1, 0.15) is 60.9 Å². The smallest absolute Gasteiger partial charge is 0.273 e. The molecule has 0 saturated carbocycles. The molecule has 1 atom stereocenters. The molecule has 0 aliphatic carbocycles. The molecule has 3 rings (SSSR count). The SMILES string of the molecule is CCCn1c(C(CC)N(CCCOC)C(=O)c2ccc(C)c([N+](=O)[O-])c2)nc2ccccc2c1=O. The van der Waals surface area contributed by atoms with E-state index >= 15 is 0 Å². The van der Waals surface area contributed by atoms with E-state index in [1.165, 1.54) is 6.07 Å². The Kier molecular flexibility index (Phi) is 8.70. The molecule has 186 valence electrons. The Hall–Kier alpha value is -3.59. The first-order chi connectivity index (χ1) is 16.8. The number of para-hydroxylation sites is 1. The average molecular weight is 481 g/mol. The van der Waals surface area contributed by atoms with E-state index in [1.807, 2.05) is 26.0 Å². The molecule has 0 spiro atoms. The third-order valence-corrected chi connectivity index (χ3v) is 6.06. The first kappa shape index (κ1) is 26.0. The average Bonchev–Trinajstić information content (AvgIpc) is 2.85. The minimum absolute atomic E-state index is 0.104. The molecule has 1 heterocycles. The van der Waals surface area contributed by atoms with E-state index in [4.69, 9.17) is 9.72 Å². The second-order valence-corrected chi connectivity index (χ2v) is 8.47. The van der Waals surface area contributed by atoms with Gasteiger partial charge in [-0.1, -0.05) is 32.0 Å². The summed E-state index contributed by atoms with van der Waals surface area (Å²) < 4.78 is 6.86. The van der Waals surface area contributed by atoms with Crippen LogP contribution in [0.25, 0.3) is 10.9 Å². The van der Waals surface area contributed by atoms with Gasteiger partial charge < -0.3 is 9.64 Å². The van der Waals surface area contributed by atoms with E-state index in [-0.39, 0.29) is 22.7 Å². The fourth-order valence-corrected chi connectivity index (χ4v) is 4.30. The van der Waals surface area contributed by atoms with Gasteiger partial charge in [-0.15, -0.1) is 0 Å². The Morgan fingerprint density at radius 3 is 2.63 bits per heavy atom. The van der Waals surface area contributed by atoms with Gasteiger partial charge >= 0.3 is 0 Å². The maximum atomic E-state index is 13.8. The summed E-state index contributed by atoms with van der Waals surface area (Å²) in [5, 5.41) is 12.0. The van der Waals surface area contributed by atoms with Gasteiger partial charge in [-0.2, -0.15) is 0 Å². The molecule has 0 aliphatic rings. The van der Waals surface area contributed by atoms with Crippen molar-refractivity contribution in [2.45, 2.75) is 52.6 Å². The summed E-state index contributed by atoms with van der Waals surface area (Å²) in [5.74, 6) is 0.173. The lowest BCUT2D eigenvalue weighted by Gasteiger charge is -2.32. The number of hydrogen-bond donors (Lipinski definition) is 0. The molecular formula is C26H32N4O5. The molecule has 0 radical (unpaired) electrons. The molecule has 0 N–H and O–H groups in total. The Morgan fingerprint density at radius 2 is 1.97 bits per heavy atom. The van der Waals surface area contributed by atoms with Gasteiger partial charge in [-0.05, 0) is 44.4 Å². The number of benzene rings is 2. The van der Waals surface area contributed by atoms with Crippen molar-refractivity contribution in [1.82, 2.24) is 14.5 Å². The molecule has 35 heavy (non-hydrogen) atoms. The lowest BCUT2D eigenvalue weighted by atomic mass is 10.1.